The molecule has 0 aromatic heterocycles. The van der Waals surface area contributed by atoms with Gasteiger partial charge in [0.2, 0.25) is 0 Å². The Balaban J connectivity index is 2.58. The molecule has 1 aromatic carbocycles. The molecule has 1 N–H and O–H groups in total. The number of carbonyl (C=O) groups is 1. The summed E-state index contributed by atoms with van der Waals surface area (Å²) in [6.45, 7) is -0.113. The molecular formula is C10H8BF3NO2. The highest BCUT2D eigenvalue weighted by Crippen LogP contribution is 2.33. The summed E-state index contributed by atoms with van der Waals surface area (Å²) in [6, 6.07) is 2.23. The molecule has 1 radical (unpaired) electrons. The van der Waals surface area contributed by atoms with E-state index in [9.17, 15) is 18.0 Å². The predicted molar refractivity (Wildman–Crippen MR) is 55.0 cm³/mol. The van der Waals surface area contributed by atoms with Crippen molar-refractivity contribution in [2.24, 2.45) is 0 Å². The van der Waals surface area contributed by atoms with E-state index < -0.39 is 17.6 Å². The first-order valence-corrected chi connectivity index (χ1v) is 4.84. The van der Waals surface area contributed by atoms with Gasteiger partial charge in [0.1, 0.15) is 0 Å². The number of alkyl halides is 3. The molecule has 1 amide bonds. The van der Waals surface area contributed by atoms with Crippen LogP contribution in [0.5, 0.6) is 0 Å². The lowest BCUT2D eigenvalue weighted by molar-refractivity contribution is -0.138. The van der Waals surface area contributed by atoms with Gasteiger partial charge in [-0.25, -0.2) is 0 Å². The predicted octanol–water partition coefficient (Wildman–Crippen LogP) is 0.840. The van der Waals surface area contributed by atoms with Crippen molar-refractivity contribution in [3.63, 3.8) is 0 Å². The zero-order chi connectivity index (χ0) is 12.6. The Hall–Kier alpha value is -1.50. The lowest BCUT2D eigenvalue weighted by Crippen LogP contribution is -2.24. The molecule has 3 nitrogen and oxygen atoms in total. The summed E-state index contributed by atoms with van der Waals surface area (Å²) in [5, 5.41) is 2.29. The second-order valence-electron chi connectivity index (χ2n) is 3.60. The summed E-state index contributed by atoms with van der Waals surface area (Å²) in [5.74, 6) is -0.557. The maximum absolute atomic E-state index is 12.8. The quantitative estimate of drug-likeness (QED) is 0.741. The molecule has 1 aliphatic rings. The summed E-state index contributed by atoms with van der Waals surface area (Å²) < 4.78 is 43.2. The number of hydrogen-bond donors (Lipinski definition) is 1. The van der Waals surface area contributed by atoms with Crippen LogP contribution >= 0.6 is 0 Å². The van der Waals surface area contributed by atoms with Crippen molar-refractivity contribution in [1.82, 2.24) is 5.32 Å². The number of rotatable bonds is 1. The minimum atomic E-state index is -4.49. The SMILES string of the molecule is CNC(=O)c1cc2c(c(C(F)(F)F)c1)CO[B]2. The molecule has 0 aliphatic carbocycles. The fraction of sp³-hybridized carbons (Fsp3) is 0.300. The lowest BCUT2D eigenvalue weighted by atomic mass is 9.83. The van der Waals surface area contributed by atoms with Gasteiger partial charge in [-0.05, 0) is 17.1 Å². The lowest BCUT2D eigenvalue weighted by Gasteiger charge is -2.13. The van der Waals surface area contributed by atoms with E-state index in [2.05, 4.69) is 5.32 Å². The third kappa shape index (κ3) is 2.15. The smallest absolute Gasteiger partial charge is 0.416 e. The topological polar surface area (TPSA) is 38.3 Å². The van der Waals surface area contributed by atoms with E-state index in [1.807, 2.05) is 0 Å². The number of nitrogens with one attached hydrogen (secondary N) is 1. The van der Waals surface area contributed by atoms with Crippen molar-refractivity contribution in [3.8, 4) is 0 Å². The molecule has 0 bridgehead atoms. The number of carbonyl (C=O) groups excluding carboxylic acids is 1. The van der Waals surface area contributed by atoms with Crippen LogP contribution in [0.25, 0.3) is 0 Å². The number of amides is 1. The second kappa shape index (κ2) is 4.07. The van der Waals surface area contributed by atoms with Crippen molar-refractivity contribution in [2.45, 2.75) is 12.8 Å². The average molecular weight is 242 g/mol. The Morgan fingerprint density at radius 3 is 2.76 bits per heavy atom. The van der Waals surface area contributed by atoms with Gasteiger partial charge in [0.15, 0.2) is 0 Å². The molecule has 0 atom stereocenters. The van der Waals surface area contributed by atoms with Crippen LogP contribution in [0.3, 0.4) is 0 Å². The molecule has 1 aromatic rings. The van der Waals surface area contributed by atoms with Crippen molar-refractivity contribution in [2.75, 3.05) is 7.05 Å². The highest BCUT2D eigenvalue weighted by molar-refractivity contribution is 6.49. The van der Waals surface area contributed by atoms with E-state index in [1.165, 1.54) is 20.6 Å². The summed E-state index contributed by atoms with van der Waals surface area (Å²) >= 11 is 0. The highest BCUT2D eigenvalue weighted by atomic mass is 19.4. The Labute approximate surface area is 96.2 Å². The maximum atomic E-state index is 12.8. The van der Waals surface area contributed by atoms with Crippen molar-refractivity contribution < 1.29 is 22.6 Å². The normalized spacial score (nSPS) is 14.1. The summed E-state index contributed by atoms with van der Waals surface area (Å²) in [5.41, 5.74) is -0.466. The van der Waals surface area contributed by atoms with Gasteiger partial charge in [-0.1, -0.05) is 6.07 Å². The Morgan fingerprint density at radius 1 is 1.47 bits per heavy atom. The molecule has 0 saturated heterocycles. The van der Waals surface area contributed by atoms with Gasteiger partial charge in [0.05, 0.1) is 12.2 Å². The van der Waals surface area contributed by atoms with Crippen LogP contribution in [0.4, 0.5) is 13.2 Å². The fourth-order valence-electron chi connectivity index (χ4n) is 1.70. The van der Waals surface area contributed by atoms with E-state index in [1.54, 1.807) is 0 Å². The van der Waals surface area contributed by atoms with E-state index >= 15 is 0 Å². The van der Waals surface area contributed by atoms with E-state index in [0.29, 0.717) is 5.46 Å². The van der Waals surface area contributed by atoms with E-state index in [4.69, 9.17) is 4.65 Å². The zero-order valence-electron chi connectivity index (χ0n) is 8.89. The van der Waals surface area contributed by atoms with Gasteiger partial charge in [0, 0.05) is 12.6 Å². The van der Waals surface area contributed by atoms with Gasteiger partial charge in [-0.15, -0.1) is 0 Å². The molecule has 0 spiro atoms. The van der Waals surface area contributed by atoms with Crippen LogP contribution in [0, 0.1) is 0 Å². The summed E-state index contributed by atoms with van der Waals surface area (Å²) in [4.78, 5) is 11.4. The zero-order valence-corrected chi connectivity index (χ0v) is 8.89. The van der Waals surface area contributed by atoms with Crippen molar-refractivity contribution in [1.29, 1.82) is 0 Å². The van der Waals surface area contributed by atoms with Crippen LogP contribution in [-0.4, -0.2) is 20.4 Å². The Bertz CT molecular complexity index is 473. The molecule has 1 aliphatic heterocycles. The van der Waals surface area contributed by atoms with E-state index in [0.717, 1.165) is 6.07 Å². The Kier molecular flexibility index (Phi) is 2.86. The molecule has 0 fully saturated rings. The molecule has 7 heteroatoms. The van der Waals surface area contributed by atoms with Crippen molar-refractivity contribution in [3.05, 3.63) is 28.8 Å². The molecule has 2 rings (SSSR count). The minimum Gasteiger partial charge on any atom is -0.430 e. The third-order valence-electron chi connectivity index (χ3n) is 2.52. The fourth-order valence-corrected chi connectivity index (χ4v) is 1.70. The maximum Gasteiger partial charge on any atom is 0.416 e. The summed E-state index contributed by atoms with van der Waals surface area (Å²) in [7, 11) is 2.60. The first kappa shape index (κ1) is 12.0. The number of benzene rings is 1. The first-order chi connectivity index (χ1) is 7.93. The number of fused-ring (bicyclic) bond motifs is 1. The molecule has 89 valence electrons. The van der Waals surface area contributed by atoms with Crippen LogP contribution < -0.4 is 10.8 Å². The van der Waals surface area contributed by atoms with Gasteiger partial charge < -0.3 is 9.97 Å². The average Bonchev–Trinajstić information content (AvgIpc) is 2.72. The monoisotopic (exact) mass is 242 g/mol. The molecule has 17 heavy (non-hydrogen) atoms. The summed E-state index contributed by atoms with van der Waals surface area (Å²) in [6.07, 6.45) is -4.49. The number of halogens is 3. The van der Waals surface area contributed by atoms with Gasteiger partial charge in [-0.2, -0.15) is 13.2 Å². The molecule has 0 saturated carbocycles. The van der Waals surface area contributed by atoms with Gasteiger partial charge in [-0.3, -0.25) is 4.79 Å². The third-order valence-corrected chi connectivity index (χ3v) is 2.52. The second-order valence-corrected chi connectivity index (χ2v) is 3.60. The molecule has 0 unspecified atom stereocenters. The van der Waals surface area contributed by atoms with Crippen LogP contribution in [0.1, 0.15) is 21.5 Å². The number of hydrogen-bond acceptors (Lipinski definition) is 2. The van der Waals surface area contributed by atoms with Crippen LogP contribution in [0.15, 0.2) is 12.1 Å². The molecular weight excluding hydrogens is 234 g/mol. The first-order valence-electron chi connectivity index (χ1n) is 4.84. The highest BCUT2D eigenvalue weighted by Gasteiger charge is 2.36. The van der Waals surface area contributed by atoms with Crippen LogP contribution in [-0.2, 0) is 17.4 Å². The Morgan fingerprint density at radius 2 is 2.18 bits per heavy atom. The molecule has 1 heterocycles. The van der Waals surface area contributed by atoms with Gasteiger partial charge >= 0.3 is 13.7 Å². The standard InChI is InChI=1S/C10H8BF3NO2/c1-15-9(16)5-2-7(10(12,13)14)6-4-17-11-8(6)3-5/h2-3H,4H2,1H3,(H,15,16). The van der Waals surface area contributed by atoms with Gasteiger partial charge in [0.25, 0.3) is 5.91 Å². The minimum absolute atomic E-state index is 0.0275. The largest absolute Gasteiger partial charge is 0.430 e. The van der Waals surface area contributed by atoms with Crippen LogP contribution in [0.2, 0.25) is 0 Å². The van der Waals surface area contributed by atoms with Crippen molar-refractivity contribution >= 4 is 18.9 Å². The van der Waals surface area contributed by atoms with E-state index in [-0.39, 0.29) is 17.7 Å².